The topological polar surface area (TPSA) is 81.2 Å². The summed E-state index contributed by atoms with van der Waals surface area (Å²) in [6, 6.07) is 0. The first-order valence-electron chi connectivity index (χ1n) is 6.76. The zero-order chi connectivity index (χ0) is 13.9. The maximum Gasteiger partial charge on any atom is 0.246 e. The van der Waals surface area contributed by atoms with Crippen LogP contribution in [0.5, 0.6) is 0 Å². The predicted octanol–water partition coefficient (Wildman–Crippen LogP) is 0.653. The summed E-state index contributed by atoms with van der Waals surface area (Å²) in [7, 11) is -3.38. The Labute approximate surface area is 114 Å². The van der Waals surface area contributed by atoms with Crippen LogP contribution in [0.4, 0.5) is 0 Å². The van der Waals surface area contributed by atoms with Crippen LogP contribution in [0.2, 0.25) is 0 Å². The molecule has 0 bridgehead atoms. The van der Waals surface area contributed by atoms with Crippen LogP contribution in [0.25, 0.3) is 0 Å². The van der Waals surface area contributed by atoms with Crippen molar-refractivity contribution in [3.63, 3.8) is 0 Å². The minimum absolute atomic E-state index is 0.290. The standard InChI is InChI=1S/C12H22N4O2S/c1-11-4-2-7-16(9-11)19(17,18)12-8-14-15(10-12)6-3-5-13/h8,10-11H,2-7,9,13H2,1H3. The molecule has 7 heteroatoms. The summed E-state index contributed by atoms with van der Waals surface area (Å²) in [5, 5.41) is 4.09. The summed E-state index contributed by atoms with van der Waals surface area (Å²) in [4.78, 5) is 0.290. The normalized spacial score (nSPS) is 21.7. The first-order valence-corrected chi connectivity index (χ1v) is 8.20. The molecule has 1 atom stereocenters. The quantitative estimate of drug-likeness (QED) is 0.862. The van der Waals surface area contributed by atoms with Crippen LogP contribution in [0, 0.1) is 5.92 Å². The molecule has 2 rings (SSSR count). The van der Waals surface area contributed by atoms with E-state index in [1.807, 2.05) is 0 Å². The molecule has 1 aliphatic heterocycles. The molecule has 108 valence electrons. The van der Waals surface area contributed by atoms with Gasteiger partial charge in [0, 0.05) is 25.8 Å². The number of hydrogen-bond donors (Lipinski definition) is 1. The van der Waals surface area contributed by atoms with E-state index in [1.165, 1.54) is 6.20 Å². The first-order chi connectivity index (χ1) is 9.04. The van der Waals surface area contributed by atoms with Crippen molar-refractivity contribution in [3.05, 3.63) is 12.4 Å². The average Bonchev–Trinajstić information content (AvgIpc) is 2.86. The number of hydrogen-bond acceptors (Lipinski definition) is 4. The Morgan fingerprint density at radius 2 is 2.32 bits per heavy atom. The van der Waals surface area contributed by atoms with E-state index in [4.69, 9.17) is 5.73 Å². The van der Waals surface area contributed by atoms with Crippen LogP contribution in [0.1, 0.15) is 26.2 Å². The van der Waals surface area contributed by atoms with Crippen molar-refractivity contribution in [2.24, 2.45) is 11.7 Å². The van der Waals surface area contributed by atoms with E-state index in [2.05, 4.69) is 12.0 Å². The number of aryl methyl sites for hydroxylation is 1. The maximum atomic E-state index is 12.5. The van der Waals surface area contributed by atoms with E-state index in [0.29, 0.717) is 37.0 Å². The van der Waals surface area contributed by atoms with Crippen LogP contribution >= 0.6 is 0 Å². The van der Waals surface area contributed by atoms with Crippen LogP contribution in [0.3, 0.4) is 0 Å². The van der Waals surface area contributed by atoms with Gasteiger partial charge in [0.2, 0.25) is 10.0 Å². The SMILES string of the molecule is CC1CCCN(S(=O)(=O)c2cnn(CCCN)c2)C1. The summed E-state index contributed by atoms with van der Waals surface area (Å²) in [5.41, 5.74) is 5.43. The van der Waals surface area contributed by atoms with Gasteiger partial charge in [-0.2, -0.15) is 9.40 Å². The van der Waals surface area contributed by atoms with Crippen molar-refractivity contribution >= 4 is 10.0 Å². The number of rotatable bonds is 5. The molecule has 0 amide bonds. The lowest BCUT2D eigenvalue weighted by Gasteiger charge is -2.29. The molecule has 2 heterocycles. The third-order valence-electron chi connectivity index (χ3n) is 3.46. The Kier molecular flexibility index (Phi) is 4.59. The molecule has 1 aliphatic rings. The third kappa shape index (κ3) is 3.34. The number of nitrogens with zero attached hydrogens (tertiary/aromatic N) is 3. The number of piperidine rings is 1. The lowest BCUT2D eigenvalue weighted by atomic mass is 10.0. The fourth-order valence-corrected chi connectivity index (χ4v) is 3.92. The van der Waals surface area contributed by atoms with E-state index in [0.717, 1.165) is 19.3 Å². The van der Waals surface area contributed by atoms with Gasteiger partial charge < -0.3 is 5.73 Å². The van der Waals surface area contributed by atoms with Gasteiger partial charge in [0.25, 0.3) is 0 Å². The molecule has 0 radical (unpaired) electrons. The van der Waals surface area contributed by atoms with Gasteiger partial charge in [-0.15, -0.1) is 0 Å². The molecule has 1 unspecified atom stereocenters. The highest BCUT2D eigenvalue weighted by Gasteiger charge is 2.29. The largest absolute Gasteiger partial charge is 0.330 e. The molecule has 1 saturated heterocycles. The average molecular weight is 286 g/mol. The molecule has 1 fully saturated rings. The second-order valence-corrected chi connectivity index (χ2v) is 7.13. The Morgan fingerprint density at radius 3 is 3.00 bits per heavy atom. The highest BCUT2D eigenvalue weighted by atomic mass is 32.2. The molecule has 1 aromatic rings. The third-order valence-corrected chi connectivity index (χ3v) is 5.28. The monoisotopic (exact) mass is 286 g/mol. The number of aromatic nitrogens is 2. The first kappa shape index (κ1) is 14.5. The highest BCUT2D eigenvalue weighted by molar-refractivity contribution is 7.89. The van der Waals surface area contributed by atoms with Crippen molar-refractivity contribution < 1.29 is 8.42 Å². The smallest absolute Gasteiger partial charge is 0.246 e. The van der Waals surface area contributed by atoms with E-state index in [1.54, 1.807) is 15.2 Å². The van der Waals surface area contributed by atoms with E-state index in [9.17, 15) is 8.42 Å². The van der Waals surface area contributed by atoms with Gasteiger partial charge >= 0.3 is 0 Å². The van der Waals surface area contributed by atoms with Crippen LogP contribution in [0.15, 0.2) is 17.3 Å². The summed E-state index contributed by atoms with van der Waals surface area (Å²) in [6.07, 6.45) is 5.86. The van der Waals surface area contributed by atoms with E-state index < -0.39 is 10.0 Å². The Bertz CT molecular complexity index is 512. The molecule has 1 aromatic heterocycles. The van der Waals surface area contributed by atoms with Crippen molar-refractivity contribution in [2.75, 3.05) is 19.6 Å². The molecular weight excluding hydrogens is 264 g/mol. The summed E-state index contributed by atoms with van der Waals surface area (Å²) in [6.45, 7) is 4.54. The minimum atomic E-state index is -3.38. The summed E-state index contributed by atoms with van der Waals surface area (Å²) >= 11 is 0. The van der Waals surface area contributed by atoms with E-state index >= 15 is 0 Å². The van der Waals surface area contributed by atoms with Crippen LogP contribution in [-0.2, 0) is 16.6 Å². The second kappa shape index (κ2) is 6.02. The van der Waals surface area contributed by atoms with E-state index in [-0.39, 0.29) is 0 Å². The molecule has 0 spiro atoms. The van der Waals surface area contributed by atoms with Crippen molar-refractivity contribution in [1.29, 1.82) is 0 Å². The van der Waals surface area contributed by atoms with Crippen LogP contribution in [-0.4, -0.2) is 42.1 Å². The molecule has 0 aliphatic carbocycles. The Hall–Kier alpha value is -0.920. The van der Waals surface area contributed by atoms with Crippen molar-refractivity contribution in [3.8, 4) is 0 Å². The maximum absolute atomic E-state index is 12.5. The molecule has 0 aromatic carbocycles. The molecular formula is C12H22N4O2S. The van der Waals surface area contributed by atoms with Gasteiger partial charge in [-0.05, 0) is 31.7 Å². The lowest BCUT2D eigenvalue weighted by molar-refractivity contribution is 0.281. The van der Waals surface area contributed by atoms with Gasteiger partial charge in [-0.25, -0.2) is 8.42 Å². The summed E-state index contributed by atoms with van der Waals surface area (Å²) < 4.78 is 28.2. The fourth-order valence-electron chi connectivity index (χ4n) is 2.37. The van der Waals surface area contributed by atoms with Crippen LogP contribution < -0.4 is 5.73 Å². The van der Waals surface area contributed by atoms with Gasteiger partial charge in [0.1, 0.15) is 4.90 Å². The zero-order valence-corrected chi connectivity index (χ0v) is 12.1. The Morgan fingerprint density at radius 1 is 1.53 bits per heavy atom. The summed E-state index contributed by atoms with van der Waals surface area (Å²) in [5.74, 6) is 0.427. The van der Waals surface area contributed by atoms with Crippen molar-refractivity contribution in [1.82, 2.24) is 14.1 Å². The van der Waals surface area contributed by atoms with Crippen molar-refractivity contribution in [2.45, 2.75) is 37.6 Å². The van der Waals surface area contributed by atoms with Gasteiger partial charge in [-0.3, -0.25) is 4.68 Å². The molecule has 2 N–H and O–H groups in total. The highest BCUT2D eigenvalue weighted by Crippen LogP contribution is 2.22. The molecule has 0 saturated carbocycles. The number of sulfonamides is 1. The predicted molar refractivity (Wildman–Crippen MR) is 73.1 cm³/mol. The lowest BCUT2D eigenvalue weighted by Crippen LogP contribution is -2.38. The van der Waals surface area contributed by atoms with Gasteiger partial charge in [0.15, 0.2) is 0 Å². The Balaban J connectivity index is 2.12. The number of nitrogens with two attached hydrogens (primary N) is 1. The zero-order valence-electron chi connectivity index (χ0n) is 11.3. The molecule has 6 nitrogen and oxygen atoms in total. The molecule has 19 heavy (non-hydrogen) atoms. The fraction of sp³-hybridized carbons (Fsp3) is 0.750. The minimum Gasteiger partial charge on any atom is -0.330 e. The van der Waals surface area contributed by atoms with Gasteiger partial charge in [-0.1, -0.05) is 6.92 Å². The van der Waals surface area contributed by atoms with Gasteiger partial charge in [0.05, 0.1) is 6.20 Å². The second-order valence-electron chi connectivity index (χ2n) is 5.19.